The number of rotatable bonds is 3. The van der Waals surface area contributed by atoms with E-state index in [-0.39, 0.29) is 11.6 Å². The van der Waals surface area contributed by atoms with Crippen molar-refractivity contribution in [2.24, 2.45) is 0 Å². The average Bonchev–Trinajstić information content (AvgIpc) is 3.20. The quantitative estimate of drug-likeness (QED) is 0.748. The number of carbonyl (C=O) groups is 1. The number of nitrogen functional groups attached to an aromatic ring is 1. The Morgan fingerprint density at radius 3 is 2.75 bits per heavy atom. The molecule has 20 heavy (non-hydrogen) atoms. The van der Waals surface area contributed by atoms with Gasteiger partial charge in [-0.25, -0.2) is 4.79 Å². The van der Waals surface area contributed by atoms with Gasteiger partial charge in [0.05, 0.1) is 17.4 Å². The van der Waals surface area contributed by atoms with Gasteiger partial charge >= 0.3 is 6.03 Å². The lowest BCUT2D eigenvalue weighted by Gasteiger charge is -2.18. The van der Waals surface area contributed by atoms with Crippen LogP contribution in [-0.2, 0) is 5.54 Å². The third-order valence-electron chi connectivity index (χ3n) is 3.46. The number of nitrogens with one attached hydrogen (secondary N) is 2. The Morgan fingerprint density at radius 2 is 2.10 bits per heavy atom. The Bertz CT molecular complexity index is 623. The molecule has 2 aromatic rings. The van der Waals surface area contributed by atoms with Crippen LogP contribution in [-0.4, -0.2) is 11.0 Å². The number of hydrogen-bond acceptors (Lipinski definition) is 3. The number of pyridine rings is 1. The second kappa shape index (κ2) is 4.85. The fourth-order valence-electron chi connectivity index (χ4n) is 2.26. The Labute approximate surface area is 117 Å². The molecule has 5 nitrogen and oxygen atoms in total. The van der Waals surface area contributed by atoms with Crippen LogP contribution in [0.25, 0.3) is 0 Å². The first kappa shape index (κ1) is 12.5. The van der Waals surface area contributed by atoms with Gasteiger partial charge < -0.3 is 16.4 Å². The molecule has 0 bridgehead atoms. The lowest BCUT2D eigenvalue weighted by atomic mass is 10.0. The zero-order chi connectivity index (χ0) is 14.0. The van der Waals surface area contributed by atoms with Crippen LogP contribution in [0.1, 0.15) is 18.4 Å². The molecule has 1 aromatic carbocycles. The minimum absolute atomic E-state index is 0.224. The van der Waals surface area contributed by atoms with Crippen LogP contribution in [0.15, 0.2) is 48.8 Å². The lowest BCUT2D eigenvalue weighted by molar-refractivity contribution is 0.247. The van der Waals surface area contributed by atoms with Crippen molar-refractivity contribution < 1.29 is 4.79 Å². The number of aromatic nitrogens is 1. The molecule has 0 unspecified atom stereocenters. The summed E-state index contributed by atoms with van der Waals surface area (Å²) in [6.45, 7) is 0. The highest BCUT2D eigenvalue weighted by Gasteiger charge is 2.45. The second-order valence-corrected chi connectivity index (χ2v) is 5.03. The maximum Gasteiger partial charge on any atom is 0.319 e. The minimum Gasteiger partial charge on any atom is -0.399 e. The summed E-state index contributed by atoms with van der Waals surface area (Å²) in [6, 6.07) is 11.0. The molecule has 5 heteroatoms. The number of nitrogens with two attached hydrogens (primary N) is 1. The topological polar surface area (TPSA) is 80.0 Å². The van der Waals surface area contributed by atoms with Crippen LogP contribution < -0.4 is 16.4 Å². The van der Waals surface area contributed by atoms with Gasteiger partial charge in [-0.2, -0.15) is 0 Å². The monoisotopic (exact) mass is 268 g/mol. The second-order valence-electron chi connectivity index (χ2n) is 5.03. The summed E-state index contributed by atoms with van der Waals surface area (Å²) in [5.74, 6) is 0. The number of carbonyl (C=O) groups excluding carboxylic acids is 1. The molecule has 0 spiro atoms. The van der Waals surface area contributed by atoms with E-state index < -0.39 is 0 Å². The summed E-state index contributed by atoms with van der Waals surface area (Å²) in [5.41, 5.74) is 7.96. The third kappa shape index (κ3) is 2.56. The standard InChI is InChI=1S/C15H16N4O/c16-12-4-1-3-11(9-12)15(6-7-15)19-14(20)18-13-5-2-8-17-10-13/h1-5,8-10H,6-7,16H2,(H2,18,19,20). The Morgan fingerprint density at radius 1 is 1.25 bits per heavy atom. The molecule has 1 aliphatic carbocycles. The fraction of sp³-hybridized carbons (Fsp3) is 0.200. The minimum atomic E-state index is -0.276. The van der Waals surface area contributed by atoms with Crippen molar-refractivity contribution in [1.29, 1.82) is 0 Å². The lowest BCUT2D eigenvalue weighted by Crippen LogP contribution is -2.38. The number of benzene rings is 1. The highest BCUT2D eigenvalue weighted by Crippen LogP contribution is 2.45. The molecule has 0 aliphatic heterocycles. The summed E-state index contributed by atoms with van der Waals surface area (Å²) in [6.07, 6.45) is 5.13. The van der Waals surface area contributed by atoms with Gasteiger partial charge in [-0.05, 0) is 42.7 Å². The summed E-state index contributed by atoms with van der Waals surface area (Å²) in [5, 5.41) is 5.80. The smallest absolute Gasteiger partial charge is 0.319 e. The van der Waals surface area contributed by atoms with Gasteiger partial charge in [-0.1, -0.05) is 12.1 Å². The van der Waals surface area contributed by atoms with Crippen LogP contribution in [0.5, 0.6) is 0 Å². The molecular weight excluding hydrogens is 252 g/mol. The van der Waals surface area contributed by atoms with Crippen molar-refractivity contribution in [3.63, 3.8) is 0 Å². The van der Waals surface area contributed by atoms with Crippen molar-refractivity contribution in [1.82, 2.24) is 10.3 Å². The van der Waals surface area contributed by atoms with E-state index in [0.29, 0.717) is 11.4 Å². The Hall–Kier alpha value is -2.56. The van der Waals surface area contributed by atoms with E-state index in [1.807, 2.05) is 24.3 Å². The van der Waals surface area contributed by atoms with E-state index in [2.05, 4.69) is 15.6 Å². The predicted molar refractivity (Wildman–Crippen MR) is 78.2 cm³/mol. The maximum absolute atomic E-state index is 12.0. The van der Waals surface area contributed by atoms with Crippen LogP contribution in [0.3, 0.4) is 0 Å². The number of nitrogens with zero attached hydrogens (tertiary/aromatic N) is 1. The molecule has 1 fully saturated rings. The first-order valence-corrected chi connectivity index (χ1v) is 6.53. The average molecular weight is 268 g/mol. The highest BCUT2D eigenvalue weighted by atomic mass is 16.2. The maximum atomic E-state index is 12.0. The van der Waals surface area contributed by atoms with E-state index in [9.17, 15) is 4.79 Å². The first-order chi connectivity index (χ1) is 9.68. The number of urea groups is 1. The van der Waals surface area contributed by atoms with Gasteiger partial charge in [0.15, 0.2) is 0 Å². The molecule has 1 aliphatic rings. The number of hydrogen-bond donors (Lipinski definition) is 3. The molecule has 0 radical (unpaired) electrons. The normalized spacial score (nSPS) is 15.4. The van der Waals surface area contributed by atoms with Crippen LogP contribution in [0.4, 0.5) is 16.2 Å². The van der Waals surface area contributed by atoms with Gasteiger partial charge in [0.1, 0.15) is 0 Å². The van der Waals surface area contributed by atoms with Crippen molar-refractivity contribution in [3.05, 3.63) is 54.4 Å². The number of anilines is 2. The highest BCUT2D eigenvalue weighted by molar-refractivity contribution is 5.90. The van der Waals surface area contributed by atoms with Crippen molar-refractivity contribution >= 4 is 17.4 Å². The van der Waals surface area contributed by atoms with Gasteiger partial charge in [-0.3, -0.25) is 4.98 Å². The molecule has 4 N–H and O–H groups in total. The first-order valence-electron chi connectivity index (χ1n) is 6.53. The van der Waals surface area contributed by atoms with Crippen molar-refractivity contribution in [3.8, 4) is 0 Å². The van der Waals surface area contributed by atoms with Crippen LogP contribution in [0.2, 0.25) is 0 Å². The molecule has 102 valence electrons. The molecule has 3 rings (SSSR count). The van der Waals surface area contributed by atoms with E-state index in [1.165, 1.54) is 0 Å². The Balaban J connectivity index is 1.70. The molecule has 2 amide bonds. The zero-order valence-corrected chi connectivity index (χ0v) is 11.0. The summed E-state index contributed by atoms with van der Waals surface area (Å²) in [4.78, 5) is 16.0. The molecule has 1 aromatic heterocycles. The zero-order valence-electron chi connectivity index (χ0n) is 11.0. The summed E-state index contributed by atoms with van der Waals surface area (Å²) >= 11 is 0. The largest absolute Gasteiger partial charge is 0.399 e. The molecular formula is C15H16N4O. The molecule has 0 atom stereocenters. The van der Waals surface area contributed by atoms with Crippen molar-refractivity contribution in [2.45, 2.75) is 18.4 Å². The molecule has 0 saturated heterocycles. The van der Waals surface area contributed by atoms with Gasteiger partial charge in [0.2, 0.25) is 0 Å². The van der Waals surface area contributed by atoms with E-state index in [1.54, 1.807) is 24.5 Å². The van der Waals surface area contributed by atoms with Crippen molar-refractivity contribution in [2.75, 3.05) is 11.1 Å². The van der Waals surface area contributed by atoms with Gasteiger partial charge in [-0.15, -0.1) is 0 Å². The SMILES string of the molecule is Nc1cccc(C2(NC(=O)Nc3cccnc3)CC2)c1. The van der Waals surface area contributed by atoms with E-state index in [4.69, 9.17) is 5.73 Å². The van der Waals surface area contributed by atoms with Gasteiger partial charge in [0.25, 0.3) is 0 Å². The molecule has 1 saturated carbocycles. The fourth-order valence-corrected chi connectivity index (χ4v) is 2.26. The Kier molecular flexibility index (Phi) is 3.02. The number of amides is 2. The van der Waals surface area contributed by atoms with E-state index in [0.717, 1.165) is 18.4 Å². The molecule has 1 heterocycles. The predicted octanol–water partition coefficient (Wildman–Crippen LogP) is 2.47. The third-order valence-corrected chi connectivity index (χ3v) is 3.46. The van der Waals surface area contributed by atoms with Gasteiger partial charge in [0, 0.05) is 11.9 Å². The van der Waals surface area contributed by atoms with E-state index >= 15 is 0 Å². The summed E-state index contributed by atoms with van der Waals surface area (Å²) < 4.78 is 0. The summed E-state index contributed by atoms with van der Waals surface area (Å²) in [7, 11) is 0. The van der Waals surface area contributed by atoms with Crippen LogP contribution in [0, 0.1) is 0 Å². The van der Waals surface area contributed by atoms with Crippen LogP contribution >= 0.6 is 0 Å².